The van der Waals surface area contributed by atoms with Crippen LogP contribution in [0, 0.1) is 0 Å². The molecule has 7 heteroatoms. The van der Waals surface area contributed by atoms with Gasteiger partial charge in [-0.15, -0.1) is 0 Å². The number of hydrogen-bond acceptors (Lipinski definition) is 6. The Bertz CT molecular complexity index is 1130. The molecular formula is C20H18N6O. The van der Waals surface area contributed by atoms with Crippen LogP contribution in [0.1, 0.15) is 42.5 Å². The van der Waals surface area contributed by atoms with Crippen molar-refractivity contribution in [2.45, 2.75) is 25.7 Å². The van der Waals surface area contributed by atoms with Crippen molar-refractivity contribution in [2.24, 2.45) is 0 Å². The molecule has 1 unspecified atom stereocenters. The molecule has 0 amide bonds. The fourth-order valence-electron chi connectivity index (χ4n) is 3.81. The Hall–Kier alpha value is -3.48. The maximum Gasteiger partial charge on any atom is 0.156 e. The highest BCUT2D eigenvalue weighted by Crippen LogP contribution is 2.47. The summed E-state index contributed by atoms with van der Waals surface area (Å²) >= 11 is 0. The molecule has 3 aromatic heterocycles. The largest absolute Gasteiger partial charge is 0.342 e. The third-order valence-corrected chi connectivity index (χ3v) is 4.93. The van der Waals surface area contributed by atoms with Gasteiger partial charge in [0.15, 0.2) is 5.82 Å². The van der Waals surface area contributed by atoms with E-state index in [-0.39, 0.29) is 5.92 Å². The average molecular weight is 358 g/mol. The molecule has 0 fully saturated rings. The van der Waals surface area contributed by atoms with E-state index in [0.29, 0.717) is 0 Å². The molecule has 0 saturated heterocycles. The van der Waals surface area contributed by atoms with Gasteiger partial charge in [0.25, 0.3) is 0 Å². The molecule has 0 saturated carbocycles. The zero-order chi connectivity index (χ0) is 18.2. The predicted octanol–water partition coefficient (Wildman–Crippen LogP) is 4.11. The SMILES string of the molecule is CCCC1=C(c2ccccn2)C(c2cccc3nonc23)c2c[nH]nc2N1. The lowest BCUT2D eigenvalue weighted by Crippen LogP contribution is -2.18. The minimum Gasteiger partial charge on any atom is -0.342 e. The number of anilines is 1. The van der Waals surface area contributed by atoms with Gasteiger partial charge in [0.2, 0.25) is 0 Å². The maximum atomic E-state index is 5.01. The van der Waals surface area contributed by atoms with Gasteiger partial charge < -0.3 is 5.32 Å². The van der Waals surface area contributed by atoms with Crippen molar-refractivity contribution in [2.75, 3.05) is 5.32 Å². The molecule has 1 aliphatic rings. The topological polar surface area (TPSA) is 92.5 Å². The van der Waals surface area contributed by atoms with Gasteiger partial charge >= 0.3 is 0 Å². The summed E-state index contributed by atoms with van der Waals surface area (Å²) in [7, 11) is 0. The van der Waals surface area contributed by atoms with Gasteiger partial charge in [-0.05, 0) is 40.5 Å². The van der Waals surface area contributed by atoms with Crippen LogP contribution in [-0.4, -0.2) is 25.5 Å². The number of rotatable bonds is 4. The van der Waals surface area contributed by atoms with Crippen molar-refractivity contribution in [1.82, 2.24) is 25.5 Å². The Morgan fingerprint density at radius 3 is 2.89 bits per heavy atom. The van der Waals surface area contributed by atoms with Crippen LogP contribution in [-0.2, 0) is 0 Å². The summed E-state index contributed by atoms with van der Waals surface area (Å²) in [6.45, 7) is 2.17. The first-order valence-corrected chi connectivity index (χ1v) is 9.03. The van der Waals surface area contributed by atoms with Crippen molar-refractivity contribution in [3.8, 4) is 0 Å². The Balaban J connectivity index is 1.81. The van der Waals surface area contributed by atoms with E-state index in [1.165, 1.54) is 0 Å². The number of allylic oxidation sites excluding steroid dienone is 2. The van der Waals surface area contributed by atoms with Crippen molar-refractivity contribution in [1.29, 1.82) is 0 Å². The molecule has 7 nitrogen and oxygen atoms in total. The van der Waals surface area contributed by atoms with Crippen LogP contribution in [0.5, 0.6) is 0 Å². The molecule has 1 atom stereocenters. The molecule has 1 aliphatic heterocycles. The molecule has 0 bridgehead atoms. The summed E-state index contributed by atoms with van der Waals surface area (Å²) in [5.41, 5.74) is 6.82. The Morgan fingerprint density at radius 1 is 1.07 bits per heavy atom. The minimum atomic E-state index is -0.0629. The number of fused-ring (bicyclic) bond motifs is 2. The third kappa shape index (κ3) is 2.51. The number of hydrogen-bond donors (Lipinski definition) is 2. The normalized spacial score (nSPS) is 16.4. The second-order valence-electron chi connectivity index (χ2n) is 6.58. The molecule has 134 valence electrons. The number of benzene rings is 1. The Labute approximate surface area is 155 Å². The van der Waals surface area contributed by atoms with E-state index in [1.54, 1.807) is 0 Å². The number of aromatic amines is 1. The van der Waals surface area contributed by atoms with Gasteiger partial charge in [-0.25, -0.2) is 4.63 Å². The number of H-pyrrole nitrogens is 1. The number of aromatic nitrogens is 5. The summed E-state index contributed by atoms with van der Waals surface area (Å²) in [5.74, 6) is 0.781. The van der Waals surface area contributed by atoms with Crippen molar-refractivity contribution in [3.05, 3.63) is 71.3 Å². The lowest BCUT2D eigenvalue weighted by atomic mass is 9.80. The Kier molecular flexibility index (Phi) is 3.71. The average Bonchev–Trinajstić information content (AvgIpc) is 3.36. The minimum absolute atomic E-state index is 0.0629. The molecule has 2 N–H and O–H groups in total. The molecule has 1 aromatic carbocycles. The van der Waals surface area contributed by atoms with Crippen LogP contribution in [0.25, 0.3) is 16.6 Å². The van der Waals surface area contributed by atoms with Crippen molar-refractivity contribution < 1.29 is 4.63 Å². The number of nitrogens with one attached hydrogen (secondary N) is 2. The fourth-order valence-corrected chi connectivity index (χ4v) is 3.81. The molecule has 0 radical (unpaired) electrons. The smallest absolute Gasteiger partial charge is 0.156 e. The van der Waals surface area contributed by atoms with Gasteiger partial charge in [-0.1, -0.05) is 31.5 Å². The monoisotopic (exact) mass is 358 g/mol. The van der Waals surface area contributed by atoms with Crippen LogP contribution in [0.2, 0.25) is 0 Å². The van der Waals surface area contributed by atoms with Crippen LogP contribution in [0.4, 0.5) is 5.82 Å². The summed E-state index contributed by atoms with van der Waals surface area (Å²) in [5, 5.41) is 19.1. The zero-order valence-corrected chi connectivity index (χ0v) is 14.8. The Morgan fingerprint density at radius 2 is 2.04 bits per heavy atom. The highest BCUT2D eigenvalue weighted by atomic mass is 16.6. The van der Waals surface area contributed by atoms with E-state index in [4.69, 9.17) is 4.63 Å². The highest BCUT2D eigenvalue weighted by molar-refractivity contribution is 5.88. The quantitative estimate of drug-likeness (QED) is 0.570. The summed E-state index contributed by atoms with van der Waals surface area (Å²) < 4.78 is 5.01. The first-order chi connectivity index (χ1) is 13.4. The van der Waals surface area contributed by atoms with Crippen LogP contribution < -0.4 is 5.32 Å². The zero-order valence-electron chi connectivity index (χ0n) is 14.8. The van der Waals surface area contributed by atoms with Gasteiger partial charge in [-0.3, -0.25) is 10.1 Å². The van der Waals surface area contributed by atoms with Crippen LogP contribution in [0.3, 0.4) is 0 Å². The van der Waals surface area contributed by atoms with Gasteiger partial charge in [-0.2, -0.15) is 5.10 Å². The van der Waals surface area contributed by atoms with E-state index in [2.05, 4.69) is 43.8 Å². The summed E-state index contributed by atoms with van der Waals surface area (Å²) in [4.78, 5) is 4.65. The van der Waals surface area contributed by atoms with E-state index in [0.717, 1.165) is 57.8 Å². The standard InChI is InChI=1S/C20H18N6O/c1-2-6-15-18(14-8-3-4-10-21-14)17(13-11-22-24-20(13)23-15)12-7-5-9-16-19(12)26-27-25-16/h3-5,7-11,17H,2,6H2,1H3,(H2,22,23,24). The van der Waals surface area contributed by atoms with E-state index >= 15 is 0 Å². The van der Waals surface area contributed by atoms with Crippen LogP contribution >= 0.6 is 0 Å². The highest BCUT2D eigenvalue weighted by Gasteiger charge is 2.34. The van der Waals surface area contributed by atoms with E-state index in [9.17, 15) is 0 Å². The number of nitrogens with zero attached hydrogens (tertiary/aromatic N) is 4. The predicted molar refractivity (Wildman–Crippen MR) is 102 cm³/mol. The molecule has 0 spiro atoms. The van der Waals surface area contributed by atoms with E-state index in [1.807, 2.05) is 42.7 Å². The number of pyridine rings is 1. The molecular weight excluding hydrogens is 340 g/mol. The van der Waals surface area contributed by atoms with Crippen molar-refractivity contribution >= 4 is 22.4 Å². The second-order valence-corrected chi connectivity index (χ2v) is 6.58. The van der Waals surface area contributed by atoms with Crippen molar-refractivity contribution in [3.63, 3.8) is 0 Å². The third-order valence-electron chi connectivity index (χ3n) is 4.93. The first-order valence-electron chi connectivity index (χ1n) is 9.03. The maximum absolute atomic E-state index is 5.01. The van der Waals surface area contributed by atoms with E-state index < -0.39 is 0 Å². The van der Waals surface area contributed by atoms with Gasteiger partial charge in [0.1, 0.15) is 11.0 Å². The van der Waals surface area contributed by atoms with Crippen LogP contribution in [0.15, 0.2) is 59.1 Å². The fraction of sp³-hybridized carbons (Fsp3) is 0.200. The lowest BCUT2D eigenvalue weighted by Gasteiger charge is -2.29. The van der Waals surface area contributed by atoms with Gasteiger partial charge in [0, 0.05) is 35.1 Å². The first kappa shape index (κ1) is 15.7. The molecule has 5 rings (SSSR count). The molecule has 4 heterocycles. The summed E-state index contributed by atoms with van der Waals surface area (Å²) in [6, 6.07) is 12.0. The lowest BCUT2D eigenvalue weighted by molar-refractivity contribution is 0.315. The van der Waals surface area contributed by atoms with Gasteiger partial charge in [0.05, 0.1) is 5.69 Å². The summed E-state index contributed by atoms with van der Waals surface area (Å²) in [6.07, 6.45) is 5.68. The molecule has 27 heavy (non-hydrogen) atoms. The molecule has 0 aliphatic carbocycles. The second kappa shape index (κ2) is 6.35. The molecule has 4 aromatic rings.